The minimum Gasteiger partial charge on any atom is -0.379 e. The highest BCUT2D eigenvalue weighted by Crippen LogP contribution is 2.25. The van der Waals surface area contributed by atoms with Gasteiger partial charge in [-0.2, -0.15) is 0 Å². The number of pyridine rings is 1. The monoisotopic (exact) mass is 408 g/mol. The summed E-state index contributed by atoms with van der Waals surface area (Å²) in [7, 11) is 1.83. The van der Waals surface area contributed by atoms with Crippen molar-refractivity contribution in [2.75, 3.05) is 57.9 Å². The molecule has 0 amide bonds. The van der Waals surface area contributed by atoms with E-state index >= 15 is 0 Å². The van der Waals surface area contributed by atoms with Gasteiger partial charge in [-0.25, -0.2) is 4.98 Å². The van der Waals surface area contributed by atoms with Crippen LogP contribution in [0.25, 0.3) is 0 Å². The van der Waals surface area contributed by atoms with Gasteiger partial charge in [0.05, 0.1) is 18.2 Å². The van der Waals surface area contributed by atoms with Gasteiger partial charge in [0, 0.05) is 58.1 Å². The quantitative estimate of drug-likeness (QED) is 0.553. The van der Waals surface area contributed by atoms with Crippen LogP contribution in [0.2, 0.25) is 5.02 Å². The van der Waals surface area contributed by atoms with Crippen molar-refractivity contribution in [3.05, 3.63) is 23.4 Å². The normalized spacial score (nSPS) is 22.5. The first-order valence-corrected chi connectivity index (χ1v) is 10.6. The number of aliphatic imine (C=N–C) groups is 1. The van der Waals surface area contributed by atoms with E-state index in [1.165, 1.54) is 0 Å². The van der Waals surface area contributed by atoms with Crippen molar-refractivity contribution in [1.29, 1.82) is 0 Å². The van der Waals surface area contributed by atoms with Crippen LogP contribution in [0.4, 0.5) is 5.82 Å². The van der Waals surface area contributed by atoms with Crippen LogP contribution in [0.15, 0.2) is 23.3 Å². The topological polar surface area (TPSA) is 65.0 Å². The highest BCUT2D eigenvalue weighted by atomic mass is 35.5. The summed E-state index contributed by atoms with van der Waals surface area (Å²) in [6.45, 7) is 10.9. The Hall–Kier alpha value is -1.57. The molecule has 0 radical (unpaired) electrons. The van der Waals surface area contributed by atoms with Crippen LogP contribution in [0, 0.1) is 5.92 Å². The Morgan fingerprint density at radius 1 is 1.36 bits per heavy atom. The van der Waals surface area contributed by atoms with Gasteiger partial charge in [-0.05, 0) is 24.5 Å². The average Bonchev–Trinajstić information content (AvgIpc) is 3.16. The number of halogens is 1. The third kappa shape index (κ3) is 5.49. The Kier molecular flexibility index (Phi) is 7.76. The Morgan fingerprint density at radius 2 is 2.14 bits per heavy atom. The average molecular weight is 409 g/mol. The Labute approximate surface area is 173 Å². The molecular weight excluding hydrogens is 376 g/mol. The molecule has 2 unspecified atom stereocenters. The van der Waals surface area contributed by atoms with E-state index in [0.29, 0.717) is 23.0 Å². The summed E-state index contributed by atoms with van der Waals surface area (Å²) in [5.74, 6) is 2.29. The molecule has 2 N–H and O–H groups in total. The standard InChI is InChI=1S/C20H33ClN6O/c1-15(2)18(26-9-11-28-12-10-26)13-24-20(22-3)25-16-6-8-27(14-16)19-17(21)5-4-7-23-19/h4-5,7,15-16,18H,6,8-14H2,1-3H3,(H2,22,24,25). The van der Waals surface area contributed by atoms with Crippen LogP contribution < -0.4 is 15.5 Å². The zero-order valence-electron chi connectivity index (χ0n) is 17.2. The molecule has 1 aromatic rings. The highest BCUT2D eigenvalue weighted by Gasteiger charge is 2.27. The van der Waals surface area contributed by atoms with E-state index in [4.69, 9.17) is 16.3 Å². The number of anilines is 1. The number of ether oxygens (including phenoxy) is 1. The lowest BCUT2D eigenvalue weighted by molar-refractivity contribution is 0.00751. The molecule has 0 spiro atoms. The van der Waals surface area contributed by atoms with Crippen molar-refractivity contribution in [3.63, 3.8) is 0 Å². The largest absolute Gasteiger partial charge is 0.379 e. The van der Waals surface area contributed by atoms with Gasteiger partial charge in [0.2, 0.25) is 0 Å². The third-order valence-corrected chi connectivity index (χ3v) is 5.85. The smallest absolute Gasteiger partial charge is 0.191 e. The summed E-state index contributed by atoms with van der Waals surface area (Å²) in [4.78, 5) is 13.6. The number of nitrogens with zero attached hydrogens (tertiary/aromatic N) is 4. The maximum absolute atomic E-state index is 6.30. The predicted octanol–water partition coefficient (Wildman–Crippen LogP) is 1.84. The summed E-state index contributed by atoms with van der Waals surface area (Å²) in [5.41, 5.74) is 0. The van der Waals surface area contributed by atoms with Crippen LogP contribution in [0.3, 0.4) is 0 Å². The number of nitrogens with one attached hydrogen (secondary N) is 2. The molecule has 0 saturated carbocycles. The van der Waals surface area contributed by atoms with Crippen LogP contribution in [-0.4, -0.2) is 80.9 Å². The molecule has 1 aromatic heterocycles. The van der Waals surface area contributed by atoms with Crippen molar-refractivity contribution in [1.82, 2.24) is 20.5 Å². The lowest BCUT2D eigenvalue weighted by Crippen LogP contribution is -2.53. The maximum atomic E-state index is 6.30. The SMILES string of the molecule is CN=C(NCC(C(C)C)N1CCOCC1)NC1CCN(c2ncccc2Cl)C1. The number of hydrogen-bond donors (Lipinski definition) is 2. The molecule has 0 aromatic carbocycles. The van der Waals surface area contributed by atoms with Crippen LogP contribution in [-0.2, 0) is 4.74 Å². The second-order valence-electron chi connectivity index (χ2n) is 7.80. The molecule has 0 bridgehead atoms. The first kappa shape index (κ1) is 21.1. The lowest BCUT2D eigenvalue weighted by atomic mass is 10.0. The molecular formula is C20H33ClN6O. The van der Waals surface area contributed by atoms with Crippen molar-refractivity contribution in [3.8, 4) is 0 Å². The van der Waals surface area contributed by atoms with Gasteiger partial charge < -0.3 is 20.3 Å². The van der Waals surface area contributed by atoms with Crippen LogP contribution in [0.1, 0.15) is 20.3 Å². The predicted molar refractivity (Wildman–Crippen MR) is 115 cm³/mol. The fourth-order valence-corrected chi connectivity index (χ4v) is 4.21. The molecule has 2 fully saturated rings. The van der Waals surface area contributed by atoms with Crippen molar-refractivity contribution in [2.24, 2.45) is 10.9 Å². The molecule has 0 aliphatic carbocycles. The van der Waals surface area contributed by atoms with Gasteiger partial charge in [0.15, 0.2) is 5.96 Å². The summed E-state index contributed by atoms with van der Waals surface area (Å²) >= 11 is 6.30. The molecule has 2 atom stereocenters. The van der Waals surface area contributed by atoms with E-state index in [1.54, 1.807) is 6.20 Å². The minimum atomic E-state index is 0.324. The summed E-state index contributed by atoms with van der Waals surface area (Å²) < 4.78 is 5.50. The van der Waals surface area contributed by atoms with Gasteiger partial charge in [0.25, 0.3) is 0 Å². The molecule has 2 saturated heterocycles. The summed E-state index contributed by atoms with van der Waals surface area (Å²) in [6.07, 6.45) is 2.82. The fraction of sp³-hybridized carbons (Fsp3) is 0.700. The van der Waals surface area contributed by atoms with Gasteiger partial charge in [-0.1, -0.05) is 25.4 Å². The molecule has 2 aliphatic rings. The van der Waals surface area contributed by atoms with Gasteiger partial charge >= 0.3 is 0 Å². The Morgan fingerprint density at radius 3 is 2.82 bits per heavy atom. The van der Waals surface area contributed by atoms with E-state index in [-0.39, 0.29) is 0 Å². The van der Waals surface area contributed by atoms with Gasteiger partial charge in [-0.15, -0.1) is 0 Å². The molecule has 3 rings (SSSR count). The van der Waals surface area contributed by atoms with E-state index < -0.39 is 0 Å². The first-order chi connectivity index (χ1) is 13.6. The van der Waals surface area contributed by atoms with Crippen LogP contribution in [0.5, 0.6) is 0 Å². The summed E-state index contributed by atoms with van der Waals surface area (Å²) in [5, 5.41) is 7.81. The van der Waals surface area contributed by atoms with Crippen molar-refractivity contribution in [2.45, 2.75) is 32.4 Å². The van der Waals surface area contributed by atoms with Gasteiger partial charge in [0.1, 0.15) is 5.82 Å². The molecule has 3 heterocycles. The Bertz CT molecular complexity index is 649. The maximum Gasteiger partial charge on any atom is 0.191 e. The van der Waals surface area contributed by atoms with Gasteiger partial charge in [-0.3, -0.25) is 9.89 Å². The number of aromatic nitrogens is 1. The second-order valence-corrected chi connectivity index (χ2v) is 8.20. The minimum absolute atomic E-state index is 0.324. The van der Waals surface area contributed by atoms with E-state index in [0.717, 1.165) is 64.1 Å². The van der Waals surface area contributed by atoms with Crippen LogP contribution >= 0.6 is 11.6 Å². The molecule has 28 heavy (non-hydrogen) atoms. The van der Waals surface area contributed by atoms with E-state index in [9.17, 15) is 0 Å². The summed E-state index contributed by atoms with van der Waals surface area (Å²) in [6, 6.07) is 4.55. The lowest BCUT2D eigenvalue weighted by Gasteiger charge is -2.37. The number of guanidine groups is 1. The molecule has 7 nitrogen and oxygen atoms in total. The fourth-order valence-electron chi connectivity index (χ4n) is 3.97. The second kappa shape index (κ2) is 10.3. The number of hydrogen-bond acceptors (Lipinski definition) is 5. The number of rotatable bonds is 6. The van der Waals surface area contributed by atoms with E-state index in [1.807, 2.05) is 19.2 Å². The van der Waals surface area contributed by atoms with E-state index in [2.05, 4.69) is 44.3 Å². The first-order valence-electron chi connectivity index (χ1n) is 10.2. The van der Waals surface area contributed by atoms with Crippen molar-refractivity contribution < 1.29 is 4.74 Å². The molecule has 156 valence electrons. The molecule has 2 aliphatic heterocycles. The third-order valence-electron chi connectivity index (χ3n) is 5.55. The number of morpholine rings is 1. The zero-order valence-corrected chi connectivity index (χ0v) is 18.0. The molecule has 8 heteroatoms. The Balaban J connectivity index is 1.51. The zero-order chi connectivity index (χ0) is 19.9. The van der Waals surface area contributed by atoms with Crippen molar-refractivity contribution >= 4 is 23.4 Å². The highest BCUT2D eigenvalue weighted by molar-refractivity contribution is 6.32.